The zero-order valence-electron chi connectivity index (χ0n) is 15.5. The molecule has 6 nitrogen and oxygen atoms in total. The van der Waals surface area contributed by atoms with Crippen LogP contribution in [0.4, 0.5) is 4.39 Å². The molecule has 0 spiro atoms. The molecule has 3 unspecified atom stereocenters. The van der Waals surface area contributed by atoms with Crippen molar-refractivity contribution in [2.75, 3.05) is 13.2 Å². The smallest absolute Gasteiger partial charge is 0.251 e. The number of rotatable bonds is 7. The summed E-state index contributed by atoms with van der Waals surface area (Å²) >= 11 is 0. The minimum Gasteiger partial charge on any atom is -0.396 e. The summed E-state index contributed by atoms with van der Waals surface area (Å²) in [6, 6.07) is 13.2. The van der Waals surface area contributed by atoms with Crippen LogP contribution in [-0.2, 0) is 4.84 Å². The van der Waals surface area contributed by atoms with Gasteiger partial charge in [0.25, 0.3) is 5.91 Å². The van der Waals surface area contributed by atoms with E-state index in [1.807, 2.05) is 13.0 Å². The van der Waals surface area contributed by atoms with E-state index < -0.39 is 6.10 Å². The lowest BCUT2D eigenvalue weighted by Crippen LogP contribution is -2.32. The summed E-state index contributed by atoms with van der Waals surface area (Å²) in [6.45, 7) is 1.81. The van der Waals surface area contributed by atoms with Crippen molar-refractivity contribution in [1.82, 2.24) is 5.32 Å². The van der Waals surface area contributed by atoms with Crippen LogP contribution in [0.1, 0.15) is 40.7 Å². The van der Waals surface area contributed by atoms with Crippen molar-refractivity contribution < 1.29 is 24.2 Å². The van der Waals surface area contributed by atoms with Crippen molar-refractivity contribution in [2.24, 2.45) is 5.16 Å². The molecule has 148 valence electrons. The van der Waals surface area contributed by atoms with E-state index in [2.05, 4.69) is 10.5 Å². The van der Waals surface area contributed by atoms with E-state index in [0.717, 1.165) is 11.1 Å². The van der Waals surface area contributed by atoms with Crippen molar-refractivity contribution in [3.05, 3.63) is 71.0 Å². The summed E-state index contributed by atoms with van der Waals surface area (Å²) in [5, 5.41) is 25.1. The predicted octanol–water partition coefficient (Wildman–Crippen LogP) is 2.21. The molecule has 0 saturated heterocycles. The van der Waals surface area contributed by atoms with Crippen molar-refractivity contribution in [2.45, 2.75) is 31.5 Å². The SMILES string of the molecule is CC1ON=C(c2ccc(C(=O)NCC(O)CCO)cc2)C1c1cccc(F)c1. The van der Waals surface area contributed by atoms with E-state index >= 15 is 0 Å². The molecule has 0 bridgehead atoms. The van der Waals surface area contributed by atoms with Gasteiger partial charge in [0, 0.05) is 24.3 Å². The highest BCUT2D eigenvalue weighted by Crippen LogP contribution is 2.32. The summed E-state index contributed by atoms with van der Waals surface area (Å²) < 4.78 is 13.6. The number of nitrogens with zero attached hydrogens (tertiary/aromatic N) is 1. The second-order valence-corrected chi connectivity index (χ2v) is 6.77. The number of aliphatic hydroxyl groups excluding tert-OH is 2. The Morgan fingerprint density at radius 3 is 2.71 bits per heavy atom. The van der Waals surface area contributed by atoms with Gasteiger partial charge in [0.05, 0.1) is 17.7 Å². The second-order valence-electron chi connectivity index (χ2n) is 6.77. The Labute approximate surface area is 162 Å². The summed E-state index contributed by atoms with van der Waals surface area (Å²) in [7, 11) is 0. The molecule has 3 N–H and O–H groups in total. The number of amides is 1. The third-order valence-electron chi connectivity index (χ3n) is 4.69. The highest BCUT2D eigenvalue weighted by atomic mass is 19.1. The standard InChI is InChI=1S/C21H23FN2O4/c1-13-19(16-3-2-4-17(22)11-16)20(24-28-13)14-5-7-15(8-6-14)21(27)23-12-18(26)9-10-25/h2-8,11,13,18-19,25-26H,9-10,12H2,1H3,(H,23,27). The highest BCUT2D eigenvalue weighted by molar-refractivity contribution is 6.06. The average Bonchev–Trinajstić information content (AvgIpc) is 3.08. The van der Waals surface area contributed by atoms with Crippen LogP contribution in [0, 0.1) is 5.82 Å². The van der Waals surface area contributed by atoms with Crippen LogP contribution in [0.5, 0.6) is 0 Å². The largest absolute Gasteiger partial charge is 0.396 e. The molecule has 28 heavy (non-hydrogen) atoms. The van der Waals surface area contributed by atoms with Gasteiger partial charge in [-0.1, -0.05) is 29.4 Å². The molecular weight excluding hydrogens is 363 g/mol. The van der Waals surface area contributed by atoms with Crippen molar-refractivity contribution in [1.29, 1.82) is 0 Å². The zero-order valence-corrected chi connectivity index (χ0v) is 15.5. The summed E-state index contributed by atoms with van der Waals surface area (Å²) in [4.78, 5) is 17.6. The van der Waals surface area contributed by atoms with Crippen molar-refractivity contribution in [3.8, 4) is 0 Å². The van der Waals surface area contributed by atoms with E-state index in [1.54, 1.807) is 30.3 Å². The Morgan fingerprint density at radius 1 is 1.29 bits per heavy atom. The Balaban J connectivity index is 1.73. The molecule has 1 amide bonds. The molecule has 1 heterocycles. The third kappa shape index (κ3) is 4.55. The van der Waals surface area contributed by atoms with Crippen LogP contribution in [0.25, 0.3) is 0 Å². The molecule has 1 aliphatic rings. The lowest BCUT2D eigenvalue weighted by molar-refractivity contribution is 0.0889. The maximum Gasteiger partial charge on any atom is 0.251 e. The highest BCUT2D eigenvalue weighted by Gasteiger charge is 2.33. The molecule has 1 aliphatic heterocycles. The molecule has 0 radical (unpaired) electrons. The van der Waals surface area contributed by atoms with Crippen LogP contribution >= 0.6 is 0 Å². The molecular formula is C21H23FN2O4. The fourth-order valence-corrected chi connectivity index (χ4v) is 3.20. The second kappa shape index (κ2) is 8.95. The van der Waals surface area contributed by atoms with Gasteiger partial charge in [-0.2, -0.15) is 0 Å². The van der Waals surface area contributed by atoms with Gasteiger partial charge < -0.3 is 20.4 Å². The van der Waals surface area contributed by atoms with Gasteiger partial charge in [-0.3, -0.25) is 4.79 Å². The number of halogens is 1. The van der Waals surface area contributed by atoms with Gasteiger partial charge >= 0.3 is 0 Å². The number of aliphatic hydroxyl groups is 2. The van der Waals surface area contributed by atoms with E-state index in [1.165, 1.54) is 12.1 Å². The number of hydrogen-bond acceptors (Lipinski definition) is 5. The lowest BCUT2D eigenvalue weighted by Gasteiger charge is -2.16. The third-order valence-corrected chi connectivity index (χ3v) is 4.69. The predicted molar refractivity (Wildman–Crippen MR) is 103 cm³/mol. The lowest BCUT2D eigenvalue weighted by atomic mass is 9.86. The fourth-order valence-electron chi connectivity index (χ4n) is 3.20. The minimum absolute atomic E-state index is 0.0703. The molecule has 3 atom stereocenters. The maximum atomic E-state index is 13.6. The van der Waals surface area contributed by atoms with Crippen molar-refractivity contribution >= 4 is 11.6 Å². The van der Waals surface area contributed by atoms with Gasteiger partial charge in [-0.05, 0) is 43.2 Å². The molecule has 3 rings (SSSR count). The molecule has 0 aromatic heterocycles. The maximum absolute atomic E-state index is 13.6. The number of carbonyl (C=O) groups excluding carboxylic acids is 1. The first kappa shape index (κ1) is 20.0. The van der Waals surface area contributed by atoms with Gasteiger partial charge in [-0.15, -0.1) is 0 Å². The van der Waals surface area contributed by atoms with E-state index in [0.29, 0.717) is 11.3 Å². The van der Waals surface area contributed by atoms with E-state index in [9.17, 15) is 14.3 Å². The summed E-state index contributed by atoms with van der Waals surface area (Å²) in [5.41, 5.74) is 2.69. The summed E-state index contributed by atoms with van der Waals surface area (Å²) in [6.07, 6.45) is -0.807. The average molecular weight is 386 g/mol. The minimum atomic E-state index is -0.785. The Hall–Kier alpha value is -2.77. The number of carbonyl (C=O) groups is 1. The molecule has 0 aliphatic carbocycles. The monoisotopic (exact) mass is 386 g/mol. The van der Waals surface area contributed by atoms with E-state index in [4.69, 9.17) is 9.94 Å². The first-order valence-electron chi connectivity index (χ1n) is 9.16. The van der Waals surface area contributed by atoms with Crippen LogP contribution < -0.4 is 5.32 Å². The Morgan fingerprint density at radius 2 is 2.04 bits per heavy atom. The quantitative estimate of drug-likeness (QED) is 0.680. The number of oxime groups is 1. The van der Waals surface area contributed by atoms with Crippen LogP contribution in [0.2, 0.25) is 0 Å². The number of hydrogen-bond donors (Lipinski definition) is 3. The van der Waals surface area contributed by atoms with Gasteiger partial charge in [-0.25, -0.2) is 4.39 Å². The van der Waals surface area contributed by atoms with Gasteiger partial charge in [0.15, 0.2) is 0 Å². The molecule has 0 fully saturated rings. The first-order chi connectivity index (χ1) is 13.5. The topological polar surface area (TPSA) is 91.2 Å². The number of nitrogens with one attached hydrogen (secondary N) is 1. The molecule has 2 aromatic carbocycles. The summed E-state index contributed by atoms with van der Waals surface area (Å²) in [5.74, 6) is -0.835. The van der Waals surface area contributed by atoms with Gasteiger partial charge in [0.1, 0.15) is 11.9 Å². The van der Waals surface area contributed by atoms with Gasteiger partial charge in [0.2, 0.25) is 0 Å². The number of benzene rings is 2. The molecule has 2 aromatic rings. The normalized spacial score (nSPS) is 19.6. The van der Waals surface area contributed by atoms with Crippen LogP contribution in [-0.4, -0.2) is 47.2 Å². The van der Waals surface area contributed by atoms with Crippen LogP contribution in [0.15, 0.2) is 53.7 Å². The van der Waals surface area contributed by atoms with E-state index in [-0.39, 0.29) is 43.3 Å². The Bertz CT molecular complexity index is 854. The molecule has 7 heteroatoms. The first-order valence-corrected chi connectivity index (χ1v) is 9.16. The fraction of sp³-hybridized carbons (Fsp3) is 0.333. The van der Waals surface area contributed by atoms with Crippen LogP contribution in [0.3, 0.4) is 0 Å². The van der Waals surface area contributed by atoms with Crippen molar-refractivity contribution in [3.63, 3.8) is 0 Å². The molecule has 0 saturated carbocycles. The zero-order chi connectivity index (χ0) is 20.1. The Kier molecular flexibility index (Phi) is 6.38.